The van der Waals surface area contributed by atoms with Gasteiger partial charge in [0.25, 0.3) is 0 Å². The topological polar surface area (TPSA) is 17.3 Å². The van der Waals surface area contributed by atoms with Crippen LogP contribution in [0.25, 0.3) is 16.2 Å². The van der Waals surface area contributed by atoms with E-state index in [2.05, 4.69) is 62.1 Å². The SMILES string of the molecule is Cc1ccc2nc(-c3cc(Br)cs3)cn2c1. The molecule has 2 nitrogen and oxygen atoms in total. The molecule has 0 aliphatic heterocycles. The number of aryl methyl sites for hydroxylation is 1. The largest absolute Gasteiger partial charge is 0.306 e. The van der Waals surface area contributed by atoms with Gasteiger partial charge < -0.3 is 4.40 Å². The van der Waals surface area contributed by atoms with Crippen LogP contribution in [0.3, 0.4) is 0 Å². The van der Waals surface area contributed by atoms with Gasteiger partial charge >= 0.3 is 0 Å². The normalized spacial score (nSPS) is 11.1. The molecule has 0 aliphatic rings. The summed E-state index contributed by atoms with van der Waals surface area (Å²) in [5.74, 6) is 0. The molecule has 0 N–H and O–H groups in total. The molecule has 0 unspecified atom stereocenters. The van der Waals surface area contributed by atoms with Gasteiger partial charge in [-0.3, -0.25) is 0 Å². The zero-order valence-electron chi connectivity index (χ0n) is 8.64. The van der Waals surface area contributed by atoms with Crippen molar-refractivity contribution in [1.29, 1.82) is 0 Å². The highest BCUT2D eigenvalue weighted by molar-refractivity contribution is 9.10. The predicted octanol–water partition coefficient (Wildman–Crippen LogP) is 4.13. The van der Waals surface area contributed by atoms with Crippen molar-refractivity contribution in [2.24, 2.45) is 0 Å². The van der Waals surface area contributed by atoms with Gasteiger partial charge in [-0.2, -0.15) is 0 Å². The standard InChI is InChI=1S/C12H9BrN2S/c1-8-2-3-12-14-10(6-15(12)5-8)11-4-9(13)7-16-11/h2-7H,1H3. The average Bonchev–Trinajstić information content (AvgIpc) is 2.83. The second-order valence-electron chi connectivity index (χ2n) is 3.73. The number of aromatic nitrogens is 2. The molecule has 4 heteroatoms. The average molecular weight is 293 g/mol. The number of halogens is 1. The zero-order valence-corrected chi connectivity index (χ0v) is 11.0. The predicted molar refractivity (Wildman–Crippen MR) is 70.9 cm³/mol. The Morgan fingerprint density at radius 1 is 1.31 bits per heavy atom. The van der Waals surface area contributed by atoms with Crippen molar-refractivity contribution >= 4 is 32.9 Å². The number of nitrogens with zero attached hydrogens (tertiary/aromatic N) is 2. The van der Waals surface area contributed by atoms with Crippen molar-refractivity contribution < 1.29 is 0 Å². The molecule has 16 heavy (non-hydrogen) atoms. The minimum absolute atomic E-state index is 0.991. The van der Waals surface area contributed by atoms with E-state index in [1.54, 1.807) is 11.3 Å². The number of hydrogen-bond donors (Lipinski definition) is 0. The molecule has 0 aliphatic carbocycles. The molecule has 0 saturated carbocycles. The molecule has 0 fully saturated rings. The van der Waals surface area contributed by atoms with Crippen molar-refractivity contribution in [3.63, 3.8) is 0 Å². The van der Waals surface area contributed by atoms with Gasteiger partial charge in [-0.1, -0.05) is 6.07 Å². The van der Waals surface area contributed by atoms with Crippen molar-refractivity contribution in [3.05, 3.63) is 46.0 Å². The first-order chi connectivity index (χ1) is 7.72. The van der Waals surface area contributed by atoms with Gasteiger partial charge in [0.2, 0.25) is 0 Å². The Hall–Kier alpha value is -1.13. The molecule has 0 radical (unpaired) electrons. The van der Waals surface area contributed by atoms with E-state index in [4.69, 9.17) is 0 Å². The van der Waals surface area contributed by atoms with Crippen molar-refractivity contribution in [3.8, 4) is 10.6 Å². The van der Waals surface area contributed by atoms with Gasteiger partial charge in [-0.15, -0.1) is 11.3 Å². The molecular formula is C12H9BrN2S. The molecule has 0 aromatic carbocycles. The van der Waals surface area contributed by atoms with Gasteiger partial charge in [-0.25, -0.2) is 4.98 Å². The lowest BCUT2D eigenvalue weighted by Crippen LogP contribution is -1.82. The third-order valence-corrected chi connectivity index (χ3v) is 4.13. The summed E-state index contributed by atoms with van der Waals surface area (Å²) in [7, 11) is 0. The monoisotopic (exact) mass is 292 g/mol. The van der Waals surface area contributed by atoms with Crippen LogP contribution >= 0.6 is 27.3 Å². The molecule has 3 aromatic heterocycles. The third-order valence-electron chi connectivity index (χ3n) is 2.42. The summed E-state index contributed by atoms with van der Waals surface area (Å²) in [5, 5.41) is 2.07. The van der Waals surface area contributed by atoms with Crippen molar-refractivity contribution in [2.45, 2.75) is 6.92 Å². The van der Waals surface area contributed by atoms with Crippen LogP contribution in [0.5, 0.6) is 0 Å². The maximum atomic E-state index is 4.59. The maximum Gasteiger partial charge on any atom is 0.137 e. The van der Waals surface area contributed by atoms with Gasteiger partial charge in [-0.05, 0) is 40.5 Å². The van der Waals surface area contributed by atoms with Gasteiger partial charge in [0.1, 0.15) is 5.65 Å². The Morgan fingerprint density at radius 3 is 2.94 bits per heavy atom. The lowest BCUT2D eigenvalue weighted by Gasteiger charge is -1.92. The number of hydrogen-bond acceptors (Lipinski definition) is 2. The van der Waals surface area contributed by atoms with Crippen LogP contribution in [-0.4, -0.2) is 9.38 Å². The molecule has 0 spiro atoms. The van der Waals surface area contributed by atoms with E-state index in [-0.39, 0.29) is 0 Å². The fraction of sp³-hybridized carbons (Fsp3) is 0.0833. The van der Waals surface area contributed by atoms with Crippen LogP contribution in [0.4, 0.5) is 0 Å². The fourth-order valence-electron chi connectivity index (χ4n) is 1.67. The quantitative estimate of drug-likeness (QED) is 0.659. The van der Waals surface area contributed by atoms with Crippen LogP contribution in [0.1, 0.15) is 5.56 Å². The first kappa shape index (κ1) is 10.1. The summed E-state index contributed by atoms with van der Waals surface area (Å²) in [6, 6.07) is 6.22. The Balaban J connectivity index is 2.18. The summed E-state index contributed by atoms with van der Waals surface area (Å²) in [6.45, 7) is 2.08. The Bertz CT molecular complexity index is 654. The number of imidazole rings is 1. The number of fused-ring (bicyclic) bond motifs is 1. The highest BCUT2D eigenvalue weighted by atomic mass is 79.9. The van der Waals surface area contributed by atoms with Gasteiger partial charge in [0.15, 0.2) is 0 Å². The minimum Gasteiger partial charge on any atom is -0.306 e. The lowest BCUT2D eigenvalue weighted by molar-refractivity contribution is 1.16. The molecule has 0 bridgehead atoms. The third kappa shape index (κ3) is 1.68. The Kier molecular flexibility index (Phi) is 2.33. The van der Waals surface area contributed by atoms with Crippen LogP contribution < -0.4 is 0 Å². The van der Waals surface area contributed by atoms with E-state index in [1.807, 2.05) is 6.07 Å². The fourth-order valence-corrected chi connectivity index (χ4v) is 3.05. The van der Waals surface area contributed by atoms with Crippen LogP contribution in [0, 0.1) is 6.92 Å². The van der Waals surface area contributed by atoms with Gasteiger partial charge in [0.05, 0.1) is 10.6 Å². The second kappa shape index (κ2) is 3.71. The van der Waals surface area contributed by atoms with Crippen molar-refractivity contribution in [1.82, 2.24) is 9.38 Å². The molecule has 3 heterocycles. The molecule has 80 valence electrons. The zero-order chi connectivity index (χ0) is 11.1. The molecule has 0 saturated heterocycles. The molecule has 3 rings (SSSR count). The Labute approximate surface area is 106 Å². The summed E-state index contributed by atoms with van der Waals surface area (Å²) in [5.41, 5.74) is 3.26. The van der Waals surface area contributed by atoms with E-state index in [0.717, 1.165) is 15.8 Å². The van der Waals surface area contributed by atoms with Crippen LogP contribution in [-0.2, 0) is 0 Å². The minimum atomic E-state index is 0.991. The number of thiophene rings is 1. The van der Waals surface area contributed by atoms with E-state index in [1.165, 1.54) is 10.4 Å². The summed E-state index contributed by atoms with van der Waals surface area (Å²) < 4.78 is 3.18. The second-order valence-corrected chi connectivity index (χ2v) is 5.55. The maximum absolute atomic E-state index is 4.59. The molecule has 3 aromatic rings. The summed E-state index contributed by atoms with van der Waals surface area (Å²) >= 11 is 5.16. The first-order valence-corrected chi connectivity index (χ1v) is 6.59. The highest BCUT2D eigenvalue weighted by Gasteiger charge is 2.06. The summed E-state index contributed by atoms with van der Waals surface area (Å²) in [6.07, 6.45) is 4.16. The smallest absolute Gasteiger partial charge is 0.137 e. The van der Waals surface area contributed by atoms with Crippen molar-refractivity contribution in [2.75, 3.05) is 0 Å². The van der Waals surface area contributed by atoms with Gasteiger partial charge in [0, 0.05) is 22.2 Å². The van der Waals surface area contributed by atoms with Crippen LogP contribution in [0.2, 0.25) is 0 Å². The van der Waals surface area contributed by atoms with Crippen LogP contribution in [0.15, 0.2) is 40.4 Å². The summed E-state index contributed by atoms with van der Waals surface area (Å²) in [4.78, 5) is 5.78. The lowest BCUT2D eigenvalue weighted by atomic mass is 10.3. The van der Waals surface area contributed by atoms with E-state index in [0.29, 0.717) is 0 Å². The Morgan fingerprint density at radius 2 is 2.19 bits per heavy atom. The molecule has 0 amide bonds. The number of pyridine rings is 1. The first-order valence-electron chi connectivity index (χ1n) is 4.92. The van der Waals surface area contributed by atoms with E-state index >= 15 is 0 Å². The molecule has 0 atom stereocenters. The van der Waals surface area contributed by atoms with E-state index < -0.39 is 0 Å². The molecular weight excluding hydrogens is 284 g/mol. The number of rotatable bonds is 1. The highest BCUT2D eigenvalue weighted by Crippen LogP contribution is 2.29. The van der Waals surface area contributed by atoms with E-state index in [9.17, 15) is 0 Å².